The van der Waals surface area contributed by atoms with Crippen molar-refractivity contribution in [3.05, 3.63) is 102 Å². The van der Waals surface area contributed by atoms with Crippen LogP contribution in [0.2, 0.25) is 0 Å². The smallest absolute Gasteiger partial charge is 0.119 e. The van der Waals surface area contributed by atoms with Gasteiger partial charge in [-0.05, 0) is 52.6 Å². The number of allylic oxidation sites excluding steroid dienone is 5. The van der Waals surface area contributed by atoms with Crippen molar-refractivity contribution in [1.82, 2.24) is 0 Å². The zero-order valence-electron chi connectivity index (χ0n) is 13.8. The third-order valence-electron chi connectivity index (χ3n) is 4.85. The van der Waals surface area contributed by atoms with Gasteiger partial charge in [-0.3, -0.25) is 0 Å². The van der Waals surface area contributed by atoms with Crippen LogP contribution in [0, 0.1) is 6.58 Å². The molecule has 26 heavy (non-hydrogen) atoms. The first kappa shape index (κ1) is 16.1. The molecule has 1 aliphatic heterocycles. The summed E-state index contributed by atoms with van der Waals surface area (Å²) in [4.78, 5) is 0. The molecular formula is C22H17O4. The van der Waals surface area contributed by atoms with E-state index in [1.165, 1.54) is 6.07 Å². The van der Waals surface area contributed by atoms with Gasteiger partial charge in [0.2, 0.25) is 0 Å². The summed E-state index contributed by atoms with van der Waals surface area (Å²) in [5.74, 6) is -0.182. The Morgan fingerprint density at radius 2 is 1.54 bits per heavy atom. The molecule has 0 aromatic heterocycles. The van der Waals surface area contributed by atoms with E-state index >= 15 is 0 Å². The maximum Gasteiger partial charge on any atom is 0.119 e. The molecule has 129 valence electrons. The normalized spacial score (nSPS) is 21.2. The SMILES string of the molecule is [CH]=CC1=C2C=COC=C2C(c2cc(O)cc(O)c2)C1c1ccc(O)cc1. The van der Waals surface area contributed by atoms with Crippen LogP contribution in [0.5, 0.6) is 17.2 Å². The van der Waals surface area contributed by atoms with Crippen LogP contribution in [0.3, 0.4) is 0 Å². The third kappa shape index (κ3) is 2.56. The highest BCUT2D eigenvalue weighted by molar-refractivity contribution is 5.64. The molecule has 4 rings (SSSR count). The average molecular weight is 345 g/mol. The number of hydrogen-bond acceptors (Lipinski definition) is 4. The van der Waals surface area contributed by atoms with E-state index < -0.39 is 0 Å². The van der Waals surface area contributed by atoms with E-state index in [2.05, 4.69) is 0 Å². The van der Waals surface area contributed by atoms with E-state index in [0.29, 0.717) is 0 Å². The summed E-state index contributed by atoms with van der Waals surface area (Å²) in [6, 6.07) is 11.5. The van der Waals surface area contributed by atoms with Gasteiger partial charge in [0.25, 0.3) is 0 Å². The van der Waals surface area contributed by atoms with E-state index in [1.54, 1.807) is 42.9 Å². The molecule has 0 saturated heterocycles. The van der Waals surface area contributed by atoms with Crippen LogP contribution in [-0.2, 0) is 4.74 Å². The van der Waals surface area contributed by atoms with E-state index in [4.69, 9.17) is 11.3 Å². The minimum atomic E-state index is -0.202. The van der Waals surface area contributed by atoms with E-state index in [1.807, 2.05) is 18.2 Å². The van der Waals surface area contributed by atoms with Crippen molar-refractivity contribution in [2.45, 2.75) is 11.8 Å². The van der Waals surface area contributed by atoms with Gasteiger partial charge < -0.3 is 20.1 Å². The molecule has 1 radical (unpaired) electrons. The quantitative estimate of drug-likeness (QED) is 0.771. The average Bonchev–Trinajstić information content (AvgIpc) is 2.96. The number of benzene rings is 2. The lowest BCUT2D eigenvalue weighted by Gasteiger charge is -2.24. The molecule has 2 unspecified atom stereocenters. The van der Waals surface area contributed by atoms with Gasteiger partial charge in [-0.2, -0.15) is 0 Å². The van der Waals surface area contributed by atoms with Crippen molar-refractivity contribution in [3.8, 4) is 17.2 Å². The van der Waals surface area contributed by atoms with Gasteiger partial charge in [0, 0.05) is 23.5 Å². The zero-order chi connectivity index (χ0) is 18.3. The van der Waals surface area contributed by atoms with Crippen LogP contribution >= 0.6 is 0 Å². The fraction of sp³-hybridized carbons (Fsp3) is 0.0909. The first-order chi connectivity index (χ1) is 12.6. The number of phenols is 3. The summed E-state index contributed by atoms with van der Waals surface area (Å²) in [5, 5.41) is 29.6. The minimum Gasteiger partial charge on any atom is -0.508 e. The molecule has 0 amide bonds. The maximum atomic E-state index is 9.96. The van der Waals surface area contributed by atoms with E-state index in [9.17, 15) is 15.3 Å². The van der Waals surface area contributed by atoms with Crippen LogP contribution in [-0.4, -0.2) is 15.3 Å². The molecule has 0 fully saturated rings. The first-order valence-electron chi connectivity index (χ1n) is 8.22. The maximum absolute atomic E-state index is 9.96. The molecule has 2 aliphatic rings. The van der Waals surface area contributed by atoms with Crippen LogP contribution < -0.4 is 0 Å². The molecule has 2 aromatic carbocycles. The number of aromatic hydroxyl groups is 3. The molecule has 2 atom stereocenters. The number of fused-ring (bicyclic) bond motifs is 1. The number of ether oxygens (including phenoxy) is 1. The summed E-state index contributed by atoms with van der Waals surface area (Å²) in [5.41, 5.74) is 4.52. The molecular weight excluding hydrogens is 328 g/mol. The van der Waals surface area contributed by atoms with Gasteiger partial charge in [0.1, 0.15) is 17.2 Å². The summed E-state index contributed by atoms with van der Waals surface area (Å²) in [7, 11) is 0. The fourth-order valence-corrected chi connectivity index (χ4v) is 3.83. The monoisotopic (exact) mass is 345 g/mol. The summed E-state index contributed by atoms with van der Waals surface area (Å²) < 4.78 is 5.40. The minimum absolute atomic E-state index is 0.0101. The first-order valence-corrected chi connectivity index (χ1v) is 8.22. The molecule has 4 heteroatoms. The molecule has 3 N–H and O–H groups in total. The highest BCUT2D eigenvalue weighted by Crippen LogP contribution is 2.54. The van der Waals surface area contributed by atoms with Crippen LogP contribution in [0.4, 0.5) is 0 Å². The van der Waals surface area contributed by atoms with Gasteiger partial charge in [-0.25, -0.2) is 0 Å². The number of hydrogen-bond donors (Lipinski definition) is 3. The Morgan fingerprint density at radius 1 is 0.846 bits per heavy atom. The molecule has 0 bridgehead atoms. The van der Waals surface area contributed by atoms with Gasteiger partial charge >= 0.3 is 0 Å². The second-order valence-electron chi connectivity index (χ2n) is 6.38. The van der Waals surface area contributed by atoms with Crippen molar-refractivity contribution in [1.29, 1.82) is 0 Å². The van der Waals surface area contributed by atoms with Crippen molar-refractivity contribution < 1.29 is 20.1 Å². The largest absolute Gasteiger partial charge is 0.508 e. The fourth-order valence-electron chi connectivity index (χ4n) is 3.83. The highest BCUT2D eigenvalue weighted by atomic mass is 16.5. The standard InChI is InChI=1S/C22H17O4/c1-2-18-19-7-8-26-12-20(19)22(14-9-16(24)11-17(25)10-14)21(18)13-3-5-15(23)6-4-13/h1-12,21-25H. The van der Waals surface area contributed by atoms with Crippen LogP contribution in [0.1, 0.15) is 23.0 Å². The number of phenolic OH excluding ortho intramolecular Hbond substituents is 3. The Bertz CT molecular complexity index is 944. The molecule has 1 aliphatic carbocycles. The molecule has 4 nitrogen and oxygen atoms in total. The van der Waals surface area contributed by atoms with Crippen molar-refractivity contribution >= 4 is 0 Å². The summed E-state index contributed by atoms with van der Waals surface area (Å²) >= 11 is 0. The highest BCUT2D eigenvalue weighted by Gasteiger charge is 2.40. The van der Waals surface area contributed by atoms with Gasteiger partial charge in [0.05, 0.1) is 12.5 Å². The Morgan fingerprint density at radius 3 is 2.19 bits per heavy atom. The van der Waals surface area contributed by atoms with Crippen LogP contribution in [0.15, 0.2) is 83.9 Å². The molecule has 2 aromatic rings. The molecule has 0 saturated carbocycles. The van der Waals surface area contributed by atoms with Crippen molar-refractivity contribution in [2.24, 2.45) is 0 Å². The van der Waals surface area contributed by atoms with Crippen molar-refractivity contribution in [3.63, 3.8) is 0 Å². The lowest BCUT2D eigenvalue weighted by Crippen LogP contribution is -2.10. The topological polar surface area (TPSA) is 69.9 Å². The molecule has 1 heterocycles. The Hall–Kier alpha value is -3.40. The molecule has 0 spiro atoms. The van der Waals surface area contributed by atoms with Gasteiger partial charge in [-0.15, -0.1) is 0 Å². The third-order valence-corrected chi connectivity index (χ3v) is 4.85. The van der Waals surface area contributed by atoms with Gasteiger partial charge in [-0.1, -0.05) is 24.8 Å². The predicted molar refractivity (Wildman–Crippen MR) is 97.6 cm³/mol. The zero-order valence-corrected chi connectivity index (χ0v) is 13.8. The van der Waals surface area contributed by atoms with E-state index in [-0.39, 0.29) is 29.1 Å². The summed E-state index contributed by atoms with van der Waals surface area (Å²) in [6.07, 6.45) is 6.71. The lowest BCUT2D eigenvalue weighted by atomic mass is 9.79. The second kappa shape index (κ2) is 6.15. The lowest BCUT2D eigenvalue weighted by molar-refractivity contribution is 0.390. The Balaban J connectivity index is 1.93. The second-order valence-corrected chi connectivity index (χ2v) is 6.38. The van der Waals surface area contributed by atoms with Crippen molar-refractivity contribution in [2.75, 3.05) is 0 Å². The van der Waals surface area contributed by atoms with Gasteiger partial charge in [0.15, 0.2) is 0 Å². The Labute approximate surface area is 151 Å². The van der Waals surface area contributed by atoms with Crippen LogP contribution in [0.25, 0.3) is 0 Å². The predicted octanol–water partition coefficient (Wildman–Crippen LogP) is 4.40. The van der Waals surface area contributed by atoms with E-state index in [0.717, 1.165) is 27.8 Å². The Kier molecular flexibility index (Phi) is 3.81. The summed E-state index contributed by atoms with van der Waals surface area (Å²) in [6.45, 7) is 5.97. The number of rotatable bonds is 3.